The summed E-state index contributed by atoms with van der Waals surface area (Å²) in [7, 11) is 0. The molecule has 1 heterocycles. The minimum absolute atomic E-state index is 0.285. The van der Waals surface area contributed by atoms with Crippen LogP contribution in [0.25, 0.3) is 0 Å². The number of hydrogen-bond acceptors (Lipinski definition) is 4. The molecule has 1 saturated heterocycles. The SMILES string of the molecule is CC.NCCNC1CCN(c2ccccc2OCC(F)(F)F)CC1. The van der Waals surface area contributed by atoms with E-state index < -0.39 is 12.8 Å². The summed E-state index contributed by atoms with van der Waals surface area (Å²) in [6.45, 7) is 5.70. The number of nitrogens with one attached hydrogen (secondary N) is 1. The van der Waals surface area contributed by atoms with Gasteiger partial charge in [-0.2, -0.15) is 13.2 Å². The van der Waals surface area contributed by atoms with Crippen LogP contribution >= 0.6 is 0 Å². The summed E-state index contributed by atoms with van der Waals surface area (Å²) in [6, 6.07) is 7.31. The molecule has 0 spiro atoms. The maximum Gasteiger partial charge on any atom is 0.422 e. The zero-order valence-electron chi connectivity index (χ0n) is 14.4. The summed E-state index contributed by atoms with van der Waals surface area (Å²) >= 11 is 0. The highest BCUT2D eigenvalue weighted by Gasteiger charge is 2.29. The van der Waals surface area contributed by atoms with Gasteiger partial charge in [-0.3, -0.25) is 0 Å². The van der Waals surface area contributed by atoms with Crippen molar-refractivity contribution in [2.24, 2.45) is 5.73 Å². The standard InChI is InChI=1S/C15H22F3N3O.C2H6/c16-15(17,18)11-22-14-4-2-1-3-13(14)21-9-5-12(6-10-21)20-8-7-19;1-2/h1-4,12,20H,5-11,19H2;1-2H3. The Morgan fingerprint density at radius 3 is 2.42 bits per heavy atom. The van der Waals surface area contributed by atoms with Gasteiger partial charge in [0.2, 0.25) is 0 Å². The highest BCUT2D eigenvalue weighted by atomic mass is 19.4. The average molecular weight is 347 g/mol. The van der Waals surface area contributed by atoms with Gasteiger partial charge < -0.3 is 20.7 Å². The predicted molar refractivity (Wildman–Crippen MR) is 91.6 cm³/mol. The van der Waals surface area contributed by atoms with Crippen molar-refractivity contribution in [2.45, 2.75) is 38.9 Å². The molecule has 2 rings (SSSR count). The van der Waals surface area contributed by atoms with E-state index in [2.05, 4.69) is 10.2 Å². The van der Waals surface area contributed by atoms with Crippen molar-refractivity contribution in [3.05, 3.63) is 24.3 Å². The fourth-order valence-electron chi connectivity index (χ4n) is 2.61. The maximum absolute atomic E-state index is 12.3. The number of nitrogens with zero attached hydrogens (tertiary/aromatic N) is 1. The third-order valence-electron chi connectivity index (χ3n) is 3.67. The Kier molecular flexibility index (Phi) is 8.92. The number of alkyl halides is 3. The summed E-state index contributed by atoms with van der Waals surface area (Å²) in [6.07, 6.45) is -2.45. The van der Waals surface area contributed by atoms with Crippen molar-refractivity contribution in [3.63, 3.8) is 0 Å². The van der Waals surface area contributed by atoms with E-state index in [0.717, 1.165) is 38.2 Å². The average Bonchev–Trinajstić information content (AvgIpc) is 2.60. The van der Waals surface area contributed by atoms with E-state index in [4.69, 9.17) is 10.5 Å². The third-order valence-corrected chi connectivity index (χ3v) is 3.67. The molecule has 0 unspecified atom stereocenters. The van der Waals surface area contributed by atoms with Crippen molar-refractivity contribution in [3.8, 4) is 5.75 Å². The Morgan fingerprint density at radius 2 is 1.83 bits per heavy atom. The highest BCUT2D eigenvalue weighted by molar-refractivity contribution is 5.58. The zero-order valence-corrected chi connectivity index (χ0v) is 14.4. The van der Waals surface area contributed by atoms with E-state index in [9.17, 15) is 13.2 Å². The van der Waals surface area contributed by atoms with Crippen LogP contribution in [0.15, 0.2) is 24.3 Å². The number of para-hydroxylation sites is 2. The van der Waals surface area contributed by atoms with Crippen molar-refractivity contribution < 1.29 is 17.9 Å². The summed E-state index contributed by atoms with van der Waals surface area (Å²) in [4.78, 5) is 2.08. The first-order valence-electron chi connectivity index (χ1n) is 8.46. The monoisotopic (exact) mass is 347 g/mol. The summed E-state index contributed by atoms with van der Waals surface area (Å²) in [5, 5.41) is 3.37. The Hall–Kier alpha value is -1.47. The molecule has 0 aliphatic carbocycles. The Balaban J connectivity index is 0.00000139. The topological polar surface area (TPSA) is 50.5 Å². The van der Waals surface area contributed by atoms with Gasteiger partial charge in [-0.15, -0.1) is 0 Å². The van der Waals surface area contributed by atoms with Gasteiger partial charge in [-0.05, 0) is 25.0 Å². The summed E-state index contributed by atoms with van der Waals surface area (Å²) in [5.74, 6) is 0.285. The van der Waals surface area contributed by atoms with Crippen molar-refractivity contribution >= 4 is 5.69 Å². The van der Waals surface area contributed by atoms with Crippen LogP contribution in [0.5, 0.6) is 5.75 Å². The first kappa shape index (κ1) is 20.6. The quantitative estimate of drug-likeness (QED) is 0.830. The zero-order chi connectivity index (χ0) is 18.0. The third kappa shape index (κ3) is 6.97. The van der Waals surface area contributed by atoms with Crippen LogP contribution < -0.4 is 20.7 Å². The van der Waals surface area contributed by atoms with Crippen molar-refractivity contribution in [2.75, 3.05) is 37.7 Å². The van der Waals surface area contributed by atoms with E-state index in [1.165, 1.54) is 0 Å². The molecule has 0 amide bonds. The molecule has 1 aliphatic heterocycles. The molecule has 3 N–H and O–H groups in total. The molecule has 24 heavy (non-hydrogen) atoms. The number of benzene rings is 1. The van der Waals surface area contributed by atoms with Gasteiger partial charge in [0, 0.05) is 32.2 Å². The second-order valence-electron chi connectivity index (χ2n) is 5.38. The van der Waals surface area contributed by atoms with E-state index in [1.54, 1.807) is 18.2 Å². The Bertz CT molecular complexity index is 461. The molecular weight excluding hydrogens is 319 g/mol. The van der Waals surface area contributed by atoms with Crippen molar-refractivity contribution in [1.29, 1.82) is 0 Å². The Labute approximate surface area is 142 Å². The fourth-order valence-corrected chi connectivity index (χ4v) is 2.61. The van der Waals surface area contributed by atoms with Crippen LogP contribution in [0.4, 0.5) is 18.9 Å². The first-order valence-corrected chi connectivity index (χ1v) is 8.46. The molecule has 0 aromatic heterocycles. The molecule has 1 aromatic carbocycles. The number of hydrogen-bond donors (Lipinski definition) is 2. The van der Waals surface area contributed by atoms with E-state index in [-0.39, 0.29) is 5.75 Å². The number of rotatable bonds is 6. The second-order valence-corrected chi connectivity index (χ2v) is 5.38. The molecule has 7 heteroatoms. The van der Waals surface area contributed by atoms with Crippen LogP contribution in [-0.4, -0.2) is 45.0 Å². The Morgan fingerprint density at radius 1 is 1.21 bits per heavy atom. The molecule has 0 bridgehead atoms. The lowest BCUT2D eigenvalue weighted by atomic mass is 10.0. The maximum atomic E-state index is 12.3. The van der Waals surface area contributed by atoms with Gasteiger partial charge in [0.15, 0.2) is 6.61 Å². The molecule has 0 radical (unpaired) electrons. The van der Waals surface area contributed by atoms with Gasteiger partial charge in [0.25, 0.3) is 0 Å². The van der Waals surface area contributed by atoms with Gasteiger partial charge >= 0.3 is 6.18 Å². The van der Waals surface area contributed by atoms with E-state index in [1.807, 2.05) is 19.9 Å². The van der Waals surface area contributed by atoms with E-state index >= 15 is 0 Å². The molecule has 4 nitrogen and oxygen atoms in total. The second kappa shape index (κ2) is 10.4. The molecule has 1 aromatic rings. The molecule has 138 valence electrons. The minimum atomic E-state index is -4.33. The molecular formula is C17H28F3N3O. The molecule has 1 aliphatic rings. The van der Waals surface area contributed by atoms with Gasteiger partial charge in [-0.1, -0.05) is 26.0 Å². The molecule has 1 fully saturated rings. The predicted octanol–water partition coefficient (Wildman–Crippen LogP) is 3.17. The molecule has 0 saturated carbocycles. The van der Waals surface area contributed by atoms with Crippen LogP contribution in [-0.2, 0) is 0 Å². The van der Waals surface area contributed by atoms with Crippen molar-refractivity contribution in [1.82, 2.24) is 5.32 Å². The highest BCUT2D eigenvalue weighted by Crippen LogP contribution is 2.31. The number of piperidine rings is 1. The van der Waals surface area contributed by atoms with Crippen LogP contribution in [0.3, 0.4) is 0 Å². The summed E-state index contributed by atoms with van der Waals surface area (Å²) < 4.78 is 41.9. The number of nitrogens with two attached hydrogens (primary N) is 1. The van der Waals surface area contributed by atoms with Crippen LogP contribution in [0.1, 0.15) is 26.7 Å². The lowest BCUT2D eigenvalue weighted by Gasteiger charge is -2.34. The number of ether oxygens (including phenoxy) is 1. The normalized spacial score (nSPS) is 15.7. The summed E-state index contributed by atoms with van der Waals surface area (Å²) in [5.41, 5.74) is 6.20. The van der Waals surface area contributed by atoms with Gasteiger partial charge in [-0.25, -0.2) is 0 Å². The van der Waals surface area contributed by atoms with Crippen LogP contribution in [0.2, 0.25) is 0 Å². The molecule has 0 atom stereocenters. The first-order chi connectivity index (χ1) is 11.5. The largest absolute Gasteiger partial charge is 0.482 e. The lowest BCUT2D eigenvalue weighted by Crippen LogP contribution is -2.44. The number of halogens is 3. The fraction of sp³-hybridized carbons (Fsp3) is 0.647. The van der Waals surface area contributed by atoms with E-state index in [0.29, 0.717) is 12.6 Å². The van der Waals surface area contributed by atoms with Gasteiger partial charge in [0.05, 0.1) is 5.69 Å². The van der Waals surface area contributed by atoms with Gasteiger partial charge in [0.1, 0.15) is 5.75 Å². The lowest BCUT2D eigenvalue weighted by molar-refractivity contribution is -0.153. The number of anilines is 1. The minimum Gasteiger partial charge on any atom is -0.482 e. The smallest absolute Gasteiger partial charge is 0.422 e. The van der Waals surface area contributed by atoms with Crippen LogP contribution in [0, 0.1) is 0 Å².